The summed E-state index contributed by atoms with van der Waals surface area (Å²) in [7, 11) is 0. The lowest BCUT2D eigenvalue weighted by Gasteiger charge is -2.15. The van der Waals surface area contributed by atoms with Gasteiger partial charge in [0.25, 0.3) is 5.91 Å². The maximum atomic E-state index is 12.6. The molecule has 0 saturated heterocycles. The largest absolute Gasteiger partial charge is 0.481 e. The number of ether oxygens (including phenoxy) is 1. The standard InChI is InChI=1S/C22H24ClN3O2/c1-14-8-5-6-9-18(14)13-26-16(3)21(15(2)25-26)24-22(27)17(4)28-20-11-7-10-19(23)12-20/h5-12,17H,13H2,1-4H3,(H,24,27). The van der Waals surface area contributed by atoms with Gasteiger partial charge in [0.2, 0.25) is 0 Å². The number of anilines is 1. The Bertz CT molecular complexity index is 997. The second-order valence-electron chi connectivity index (χ2n) is 6.84. The number of halogens is 1. The summed E-state index contributed by atoms with van der Waals surface area (Å²) in [5, 5.41) is 8.12. The second kappa shape index (κ2) is 8.48. The van der Waals surface area contributed by atoms with Gasteiger partial charge in [-0.3, -0.25) is 9.48 Å². The molecule has 0 spiro atoms. The quantitative estimate of drug-likeness (QED) is 0.642. The molecule has 6 heteroatoms. The van der Waals surface area contributed by atoms with Crippen LogP contribution in [0, 0.1) is 20.8 Å². The van der Waals surface area contributed by atoms with Crippen LogP contribution in [0.1, 0.15) is 29.4 Å². The average Bonchev–Trinajstić information content (AvgIpc) is 2.91. The molecular formula is C22H24ClN3O2. The predicted molar refractivity (Wildman–Crippen MR) is 112 cm³/mol. The molecule has 28 heavy (non-hydrogen) atoms. The molecule has 0 aliphatic rings. The number of aryl methyl sites for hydroxylation is 2. The van der Waals surface area contributed by atoms with Crippen molar-refractivity contribution in [1.29, 1.82) is 0 Å². The van der Waals surface area contributed by atoms with Gasteiger partial charge in [-0.2, -0.15) is 5.10 Å². The van der Waals surface area contributed by atoms with E-state index in [0.29, 0.717) is 17.3 Å². The van der Waals surface area contributed by atoms with Gasteiger partial charge in [-0.1, -0.05) is 41.9 Å². The molecule has 1 unspecified atom stereocenters. The van der Waals surface area contributed by atoms with E-state index in [9.17, 15) is 4.79 Å². The SMILES string of the molecule is Cc1ccccc1Cn1nc(C)c(NC(=O)C(C)Oc2cccc(Cl)c2)c1C. The van der Waals surface area contributed by atoms with Gasteiger partial charge in [0.1, 0.15) is 5.75 Å². The Labute approximate surface area is 170 Å². The minimum absolute atomic E-state index is 0.235. The van der Waals surface area contributed by atoms with E-state index >= 15 is 0 Å². The lowest BCUT2D eigenvalue weighted by molar-refractivity contribution is -0.122. The molecule has 0 saturated carbocycles. The van der Waals surface area contributed by atoms with E-state index in [1.165, 1.54) is 11.1 Å². The van der Waals surface area contributed by atoms with Crippen LogP contribution in [0.5, 0.6) is 5.75 Å². The number of hydrogen-bond acceptors (Lipinski definition) is 3. The Kier molecular flexibility index (Phi) is 6.05. The number of nitrogens with one attached hydrogen (secondary N) is 1. The number of amides is 1. The number of benzene rings is 2. The predicted octanol–water partition coefficient (Wildman–Crippen LogP) is 4.92. The van der Waals surface area contributed by atoms with Crippen molar-refractivity contribution in [1.82, 2.24) is 9.78 Å². The van der Waals surface area contributed by atoms with Crippen LogP contribution in [0.15, 0.2) is 48.5 Å². The molecule has 1 N–H and O–H groups in total. The Morgan fingerprint density at radius 1 is 1.18 bits per heavy atom. The third kappa shape index (κ3) is 4.54. The van der Waals surface area contributed by atoms with Crippen molar-refractivity contribution < 1.29 is 9.53 Å². The summed E-state index contributed by atoms with van der Waals surface area (Å²) in [5.41, 5.74) is 4.81. The van der Waals surface area contributed by atoms with E-state index in [-0.39, 0.29) is 5.91 Å². The fraction of sp³-hybridized carbons (Fsp3) is 0.273. The molecule has 5 nitrogen and oxygen atoms in total. The summed E-state index contributed by atoms with van der Waals surface area (Å²) >= 11 is 5.97. The van der Waals surface area contributed by atoms with E-state index in [2.05, 4.69) is 29.5 Å². The Hall–Kier alpha value is -2.79. The van der Waals surface area contributed by atoms with Crippen molar-refractivity contribution in [3.05, 3.63) is 76.1 Å². The molecule has 2 aromatic carbocycles. The Morgan fingerprint density at radius 3 is 2.64 bits per heavy atom. The molecule has 1 aromatic heterocycles. The second-order valence-corrected chi connectivity index (χ2v) is 7.27. The van der Waals surface area contributed by atoms with E-state index in [0.717, 1.165) is 17.1 Å². The molecule has 0 aliphatic heterocycles. The molecule has 0 radical (unpaired) electrons. The van der Waals surface area contributed by atoms with Crippen LogP contribution in [-0.2, 0) is 11.3 Å². The summed E-state index contributed by atoms with van der Waals surface area (Å²) in [5.74, 6) is 0.320. The highest BCUT2D eigenvalue weighted by Crippen LogP contribution is 2.23. The monoisotopic (exact) mass is 397 g/mol. The first-order valence-corrected chi connectivity index (χ1v) is 9.54. The fourth-order valence-electron chi connectivity index (χ4n) is 3.00. The highest BCUT2D eigenvalue weighted by Gasteiger charge is 2.20. The van der Waals surface area contributed by atoms with Crippen molar-refractivity contribution >= 4 is 23.2 Å². The van der Waals surface area contributed by atoms with Gasteiger partial charge in [-0.25, -0.2) is 0 Å². The number of nitrogens with zero attached hydrogens (tertiary/aromatic N) is 2. The lowest BCUT2D eigenvalue weighted by Crippen LogP contribution is -2.30. The smallest absolute Gasteiger partial charge is 0.265 e. The van der Waals surface area contributed by atoms with Crippen molar-refractivity contribution in [2.45, 2.75) is 40.3 Å². The Morgan fingerprint density at radius 2 is 1.93 bits per heavy atom. The third-order valence-corrected chi connectivity index (χ3v) is 4.92. The van der Waals surface area contributed by atoms with Gasteiger partial charge in [0.05, 0.1) is 23.6 Å². The number of carbonyl (C=O) groups is 1. The third-order valence-electron chi connectivity index (χ3n) is 4.69. The summed E-state index contributed by atoms with van der Waals surface area (Å²) in [6.07, 6.45) is -0.669. The Balaban J connectivity index is 1.72. The van der Waals surface area contributed by atoms with Crippen LogP contribution in [0.4, 0.5) is 5.69 Å². The van der Waals surface area contributed by atoms with Crippen LogP contribution in [0.3, 0.4) is 0 Å². The normalized spacial score (nSPS) is 11.9. The van der Waals surface area contributed by atoms with Gasteiger partial charge in [0, 0.05) is 5.02 Å². The molecule has 1 amide bonds. The number of carbonyl (C=O) groups excluding carboxylic acids is 1. The summed E-state index contributed by atoms with van der Waals surface area (Å²) in [6.45, 7) is 8.29. The molecule has 1 atom stereocenters. The van der Waals surface area contributed by atoms with Crippen molar-refractivity contribution in [3.8, 4) is 5.75 Å². The van der Waals surface area contributed by atoms with E-state index < -0.39 is 6.10 Å². The van der Waals surface area contributed by atoms with Crippen molar-refractivity contribution in [2.24, 2.45) is 0 Å². The van der Waals surface area contributed by atoms with Gasteiger partial charge in [0.15, 0.2) is 6.10 Å². The minimum Gasteiger partial charge on any atom is -0.481 e. The van der Waals surface area contributed by atoms with Crippen LogP contribution in [-0.4, -0.2) is 21.8 Å². The molecule has 0 fully saturated rings. The van der Waals surface area contributed by atoms with Crippen molar-refractivity contribution in [2.75, 3.05) is 5.32 Å². The molecule has 1 heterocycles. The zero-order valence-electron chi connectivity index (χ0n) is 16.5. The molecular weight excluding hydrogens is 374 g/mol. The highest BCUT2D eigenvalue weighted by molar-refractivity contribution is 6.30. The van der Waals surface area contributed by atoms with Crippen LogP contribution < -0.4 is 10.1 Å². The lowest BCUT2D eigenvalue weighted by atomic mass is 10.1. The van der Waals surface area contributed by atoms with Gasteiger partial charge in [-0.15, -0.1) is 0 Å². The minimum atomic E-state index is -0.669. The number of rotatable bonds is 6. The van der Waals surface area contributed by atoms with Crippen LogP contribution in [0.25, 0.3) is 0 Å². The topological polar surface area (TPSA) is 56.2 Å². The maximum Gasteiger partial charge on any atom is 0.265 e. The van der Waals surface area contributed by atoms with E-state index in [1.54, 1.807) is 31.2 Å². The fourth-order valence-corrected chi connectivity index (χ4v) is 3.18. The highest BCUT2D eigenvalue weighted by atomic mass is 35.5. The number of aromatic nitrogens is 2. The molecule has 0 bridgehead atoms. The van der Waals surface area contributed by atoms with E-state index in [1.807, 2.05) is 30.7 Å². The average molecular weight is 398 g/mol. The molecule has 0 aliphatic carbocycles. The van der Waals surface area contributed by atoms with Crippen molar-refractivity contribution in [3.63, 3.8) is 0 Å². The zero-order chi connectivity index (χ0) is 20.3. The first-order valence-electron chi connectivity index (χ1n) is 9.16. The van der Waals surface area contributed by atoms with Crippen LogP contribution >= 0.6 is 11.6 Å². The van der Waals surface area contributed by atoms with Gasteiger partial charge in [-0.05, 0) is 57.0 Å². The summed E-state index contributed by atoms with van der Waals surface area (Å²) < 4.78 is 7.62. The van der Waals surface area contributed by atoms with E-state index in [4.69, 9.17) is 16.3 Å². The summed E-state index contributed by atoms with van der Waals surface area (Å²) in [4.78, 5) is 12.6. The summed E-state index contributed by atoms with van der Waals surface area (Å²) in [6, 6.07) is 15.2. The van der Waals surface area contributed by atoms with Gasteiger partial charge >= 0.3 is 0 Å². The number of hydrogen-bond donors (Lipinski definition) is 1. The first-order chi connectivity index (χ1) is 13.3. The first kappa shape index (κ1) is 20.0. The zero-order valence-corrected chi connectivity index (χ0v) is 17.2. The maximum absolute atomic E-state index is 12.6. The van der Waals surface area contributed by atoms with Gasteiger partial charge < -0.3 is 10.1 Å². The molecule has 3 aromatic rings. The van der Waals surface area contributed by atoms with Crippen LogP contribution in [0.2, 0.25) is 5.02 Å². The molecule has 146 valence electrons. The molecule has 3 rings (SSSR count).